The van der Waals surface area contributed by atoms with Crippen LogP contribution in [0.5, 0.6) is 0 Å². The van der Waals surface area contributed by atoms with E-state index < -0.39 is 0 Å². The van der Waals surface area contributed by atoms with Crippen molar-refractivity contribution < 1.29 is 9.59 Å². The summed E-state index contributed by atoms with van der Waals surface area (Å²) in [5.41, 5.74) is 0.937. The number of amides is 3. The molecule has 2 aliphatic rings. The third-order valence-electron chi connectivity index (χ3n) is 5.48. The molecule has 1 atom stereocenters. The molecule has 1 aromatic rings. The molecule has 3 rings (SSSR count). The van der Waals surface area contributed by atoms with E-state index in [0.717, 1.165) is 19.4 Å². The number of nitriles is 1. The topological polar surface area (TPSA) is 79.7 Å². The maximum atomic E-state index is 12.6. The van der Waals surface area contributed by atoms with Crippen LogP contribution in [0, 0.1) is 11.3 Å². The highest BCUT2D eigenvalue weighted by Crippen LogP contribution is 2.21. The Morgan fingerprint density at radius 3 is 2.61 bits per heavy atom. The van der Waals surface area contributed by atoms with Gasteiger partial charge in [0, 0.05) is 44.5 Å². The number of piperidine rings is 1. The Morgan fingerprint density at radius 1 is 1.21 bits per heavy atom. The van der Waals surface area contributed by atoms with Gasteiger partial charge in [-0.1, -0.05) is 11.6 Å². The van der Waals surface area contributed by atoms with Gasteiger partial charge in [-0.15, -0.1) is 0 Å². The van der Waals surface area contributed by atoms with Gasteiger partial charge >= 0.3 is 6.03 Å². The number of urea groups is 1. The quantitative estimate of drug-likeness (QED) is 0.841. The molecule has 0 saturated carbocycles. The molecular weight excluding hydrogens is 378 g/mol. The zero-order valence-corrected chi connectivity index (χ0v) is 16.9. The second-order valence-corrected chi connectivity index (χ2v) is 7.84. The van der Waals surface area contributed by atoms with Gasteiger partial charge in [-0.2, -0.15) is 5.26 Å². The van der Waals surface area contributed by atoms with Crippen LogP contribution in [0.1, 0.15) is 31.7 Å². The molecule has 2 saturated heterocycles. The zero-order valence-electron chi connectivity index (χ0n) is 16.2. The molecular formula is C20H26ClN5O2. The van der Waals surface area contributed by atoms with E-state index in [1.54, 1.807) is 23.1 Å². The molecule has 0 aliphatic carbocycles. The van der Waals surface area contributed by atoms with Crippen molar-refractivity contribution in [2.45, 2.75) is 32.2 Å². The van der Waals surface area contributed by atoms with Crippen molar-refractivity contribution in [1.82, 2.24) is 14.7 Å². The van der Waals surface area contributed by atoms with Gasteiger partial charge in [0.25, 0.3) is 0 Å². The normalized spacial score (nSPS) is 20.5. The van der Waals surface area contributed by atoms with Crippen LogP contribution in [0.15, 0.2) is 18.2 Å². The summed E-state index contributed by atoms with van der Waals surface area (Å²) in [5, 5.41) is 12.1. The predicted octanol–water partition coefficient (Wildman–Crippen LogP) is 2.76. The molecule has 1 unspecified atom stereocenters. The van der Waals surface area contributed by atoms with Crippen LogP contribution < -0.4 is 5.32 Å². The van der Waals surface area contributed by atoms with E-state index in [2.05, 4.69) is 17.1 Å². The van der Waals surface area contributed by atoms with Crippen molar-refractivity contribution >= 4 is 29.2 Å². The molecule has 8 heteroatoms. The number of carbonyl (C=O) groups is 2. The molecule has 0 radical (unpaired) electrons. The lowest BCUT2D eigenvalue weighted by atomic mass is 10.0. The van der Waals surface area contributed by atoms with E-state index in [4.69, 9.17) is 16.9 Å². The summed E-state index contributed by atoms with van der Waals surface area (Å²) in [7, 11) is 0. The predicted molar refractivity (Wildman–Crippen MR) is 108 cm³/mol. The van der Waals surface area contributed by atoms with Gasteiger partial charge in [0.15, 0.2) is 0 Å². The Bertz CT molecular complexity index is 770. The van der Waals surface area contributed by atoms with Gasteiger partial charge in [-0.25, -0.2) is 4.79 Å². The van der Waals surface area contributed by atoms with Gasteiger partial charge in [0.2, 0.25) is 5.91 Å². The molecule has 1 N–H and O–H groups in total. The van der Waals surface area contributed by atoms with Crippen LogP contribution in [0.4, 0.5) is 10.5 Å². The number of benzene rings is 1. The number of nitrogens with one attached hydrogen (secondary N) is 1. The average Bonchev–Trinajstić information content (AvgIpc) is 2.69. The molecule has 3 amide bonds. The molecule has 0 bridgehead atoms. The molecule has 1 aromatic carbocycles. The molecule has 7 nitrogen and oxygen atoms in total. The Hall–Kier alpha value is -2.30. The lowest BCUT2D eigenvalue weighted by Crippen LogP contribution is -2.53. The van der Waals surface area contributed by atoms with Crippen LogP contribution in [0.3, 0.4) is 0 Å². The number of carbonyl (C=O) groups excluding carboxylic acids is 2. The second kappa shape index (κ2) is 9.26. The molecule has 2 heterocycles. The average molecular weight is 404 g/mol. The van der Waals surface area contributed by atoms with Crippen molar-refractivity contribution in [2.24, 2.45) is 0 Å². The first-order chi connectivity index (χ1) is 13.5. The standard InChI is InChI=1S/C20H26ClN5O2/c1-15-4-2-3-7-26(15)19(27)14-24-8-10-25(11-9-24)20(28)23-17-6-5-16(13-22)18(21)12-17/h5-6,12,15H,2-4,7-11,14H2,1H3,(H,23,28). The van der Waals surface area contributed by atoms with Crippen LogP contribution >= 0.6 is 11.6 Å². The smallest absolute Gasteiger partial charge is 0.321 e. The summed E-state index contributed by atoms with van der Waals surface area (Å²) in [6.45, 7) is 5.89. The molecule has 2 fully saturated rings. The number of piperazine rings is 1. The first-order valence-electron chi connectivity index (χ1n) is 9.75. The second-order valence-electron chi connectivity index (χ2n) is 7.43. The van der Waals surface area contributed by atoms with Crippen molar-refractivity contribution in [2.75, 3.05) is 44.6 Å². The largest absolute Gasteiger partial charge is 0.339 e. The Labute approximate surface area is 170 Å². The maximum Gasteiger partial charge on any atom is 0.321 e. The number of hydrogen-bond donors (Lipinski definition) is 1. The number of hydrogen-bond acceptors (Lipinski definition) is 4. The van der Waals surface area contributed by atoms with Crippen LogP contribution in [0.25, 0.3) is 0 Å². The van der Waals surface area contributed by atoms with E-state index in [1.165, 1.54) is 6.42 Å². The minimum Gasteiger partial charge on any atom is -0.339 e. The van der Waals surface area contributed by atoms with Crippen molar-refractivity contribution in [1.29, 1.82) is 5.26 Å². The third-order valence-corrected chi connectivity index (χ3v) is 5.80. The SMILES string of the molecule is CC1CCCCN1C(=O)CN1CCN(C(=O)Nc2ccc(C#N)c(Cl)c2)CC1. The number of likely N-dealkylation sites (tertiary alicyclic amines) is 1. The molecule has 0 aromatic heterocycles. The highest BCUT2D eigenvalue weighted by molar-refractivity contribution is 6.32. The van der Waals surface area contributed by atoms with Gasteiger partial charge in [-0.3, -0.25) is 9.69 Å². The number of rotatable bonds is 3. The van der Waals surface area contributed by atoms with Gasteiger partial charge in [-0.05, 0) is 44.4 Å². The summed E-state index contributed by atoms with van der Waals surface area (Å²) in [4.78, 5) is 30.9. The monoisotopic (exact) mass is 403 g/mol. The van der Waals surface area contributed by atoms with Gasteiger partial charge in [0.1, 0.15) is 6.07 Å². The third kappa shape index (κ3) is 4.94. The maximum absolute atomic E-state index is 12.6. The number of halogens is 1. The van der Waals surface area contributed by atoms with E-state index >= 15 is 0 Å². The fourth-order valence-corrected chi connectivity index (χ4v) is 3.97. The highest BCUT2D eigenvalue weighted by Gasteiger charge is 2.27. The summed E-state index contributed by atoms with van der Waals surface area (Å²) < 4.78 is 0. The lowest BCUT2D eigenvalue weighted by Gasteiger charge is -2.38. The Balaban J connectivity index is 1.47. The molecule has 0 spiro atoms. The molecule has 150 valence electrons. The van der Waals surface area contributed by atoms with Crippen LogP contribution in [0.2, 0.25) is 5.02 Å². The van der Waals surface area contributed by atoms with Gasteiger partial charge in [0.05, 0.1) is 17.1 Å². The van der Waals surface area contributed by atoms with E-state index in [9.17, 15) is 9.59 Å². The fraction of sp³-hybridized carbons (Fsp3) is 0.550. The van der Waals surface area contributed by atoms with E-state index in [-0.39, 0.29) is 11.9 Å². The first-order valence-corrected chi connectivity index (χ1v) is 10.1. The van der Waals surface area contributed by atoms with Crippen molar-refractivity contribution in [3.63, 3.8) is 0 Å². The van der Waals surface area contributed by atoms with Crippen molar-refractivity contribution in [3.05, 3.63) is 28.8 Å². The van der Waals surface area contributed by atoms with Crippen molar-refractivity contribution in [3.8, 4) is 6.07 Å². The number of anilines is 1. The minimum absolute atomic E-state index is 0.192. The van der Waals surface area contributed by atoms with E-state index in [1.807, 2.05) is 11.0 Å². The van der Waals surface area contributed by atoms with Crippen LogP contribution in [-0.2, 0) is 4.79 Å². The summed E-state index contributed by atoms with van der Waals surface area (Å²) in [5.74, 6) is 0.192. The Morgan fingerprint density at radius 2 is 1.96 bits per heavy atom. The molecule has 28 heavy (non-hydrogen) atoms. The summed E-state index contributed by atoms with van der Waals surface area (Å²) >= 11 is 6.01. The first kappa shape index (κ1) is 20.4. The summed E-state index contributed by atoms with van der Waals surface area (Å²) in [6, 6.07) is 6.95. The van der Waals surface area contributed by atoms with Crippen LogP contribution in [-0.4, -0.2) is 71.9 Å². The lowest BCUT2D eigenvalue weighted by molar-refractivity contribution is -0.136. The summed E-state index contributed by atoms with van der Waals surface area (Å²) in [6.07, 6.45) is 3.37. The van der Waals surface area contributed by atoms with Gasteiger partial charge < -0.3 is 15.1 Å². The Kier molecular flexibility index (Phi) is 6.76. The molecule has 2 aliphatic heterocycles. The fourth-order valence-electron chi connectivity index (χ4n) is 3.75. The van der Waals surface area contributed by atoms with E-state index in [0.29, 0.717) is 55.0 Å². The highest BCUT2D eigenvalue weighted by atomic mass is 35.5. The minimum atomic E-state index is -0.198. The number of nitrogens with zero attached hydrogens (tertiary/aromatic N) is 4. The zero-order chi connectivity index (χ0) is 20.1.